The lowest BCUT2D eigenvalue weighted by Crippen LogP contribution is -2.30. The van der Waals surface area contributed by atoms with E-state index in [1.54, 1.807) is 0 Å². The Morgan fingerprint density at radius 2 is 1.84 bits per heavy atom. The maximum atomic E-state index is 13.0. The highest BCUT2D eigenvalue weighted by atomic mass is 16.6. The lowest BCUT2D eigenvalue weighted by atomic mass is 10.0. The summed E-state index contributed by atoms with van der Waals surface area (Å²) in [6.45, 7) is 4.09. The molecule has 2 aromatic rings. The summed E-state index contributed by atoms with van der Waals surface area (Å²) in [5.74, 6) is 1.69. The zero-order chi connectivity index (χ0) is 17.2. The molecule has 2 aliphatic heterocycles. The topological polar surface area (TPSA) is 38.8 Å². The Morgan fingerprint density at radius 3 is 2.60 bits per heavy atom. The summed E-state index contributed by atoms with van der Waals surface area (Å²) in [7, 11) is 0. The lowest BCUT2D eigenvalue weighted by Gasteiger charge is -2.27. The minimum absolute atomic E-state index is 0.106. The van der Waals surface area contributed by atoms with Crippen LogP contribution in [0.1, 0.15) is 47.3 Å². The van der Waals surface area contributed by atoms with Gasteiger partial charge < -0.3 is 14.4 Å². The van der Waals surface area contributed by atoms with Crippen molar-refractivity contribution in [2.24, 2.45) is 0 Å². The van der Waals surface area contributed by atoms with Gasteiger partial charge in [0.15, 0.2) is 11.5 Å². The monoisotopic (exact) mass is 337 g/mol. The van der Waals surface area contributed by atoms with E-state index in [4.69, 9.17) is 9.47 Å². The molecule has 0 aromatic heterocycles. The summed E-state index contributed by atoms with van der Waals surface area (Å²) in [5.41, 5.74) is 3.14. The summed E-state index contributed by atoms with van der Waals surface area (Å²) in [4.78, 5) is 15.0. The van der Waals surface area contributed by atoms with Gasteiger partial charge in [-0.25, -0.2) is 0 Å². The van der Waals surface area contributed by atoms with Gasteiger partial charge in [0.1, 0.15) is 13.2 Å². The number of hydrogen-bond donors (Lipinski definition) is 0. The fourth-order valence-corrected chi connectivity index (χ4v) is 3.67. The van der Waals surface area contributed by atoms with E-state index in [0.29, 0.717) is 13.2 Å². The SMILES string of the molecule is CCc1ccc(C(=O)N2CCC[C@H]2c2ccc3c(c2)OCCO3)cc1. The van der Waals surface area contributed by atoms with Gasteiger partial charge in [0.05, 0.1) is 6.04 Å². The van der Waals surface area contributed by atoms with Crippen molar-refractivity contribution < 1.29 is 14.3 Å². The second-order valence-electron chi connectivity index (χ2n) is 6.61. The molecule has 0 radical (unpaired) electrons. The molecule has 2 aromatic carbocycles. The number of likely N-dealkylation sites (tertiary alicyclic amines) is 1. The summed E-state index contributed by atoms with van der Waals surface area (Å²) in [5, 5.41) is 0. The molecule has 1 amide bonds. The predicted molar refractivity (Wildman–Crippen MR) is 96.3 cm³/mol. The molecule has 4 heteroatoms. The number of fused-ring (bicyclic) bond motifs is 1. The molecule has 0 saturated carbocycles. The smallest absolute Gasteiger partial charge is 0.254 e. The van der Waals surface area contributed by atoms with E-state index >= 15 is 0 Å². The van der Waals surface area contributed by atoms with Crippen LogP contribution in [0.3, 0.4) is 0 Å². The van der Waals surface area contributed by atoms with Gasteiger partial charge in [-0.15, -0.1) is 0 Å². The summed E-state index contributed by atoms with van der Waals surface area (Å²) in [6.07, 6.45) is 2.99. The largest absolute Gasteiger partial charge is 0.486 e. The van der Waals surface area contributed by atoms with E-state index < -0.39 is 0 Å². The second-order valence-corrected chi connectivity index (χ2v) is 6.61. The maximum absolute atomic E-state index is 13.0. The van der Waals surface area contributed by atoms with Crippen molar-refractivity contribution in [3.8, 4) is 11.5 Å². The number of carbonyl (C=O) groups is 1. The van der Waals surface area contributed by atoms with Gasteiger partial charge in [-0.1, -0.05) is 25.1 Å². The molecular formula is C21H23NO3. The van der Waals surface area contributed by atoms with E-state index in [9.17, 15) is 4.79 Å². The van der Waals surface area contributed by atoms with Gasteiger partial charge in [-0.2, -0.15) is 0 Å². The molecule has 25 heavy (non-hydrogen) atoms. The molecule has 2 heterocycles. The third-order valence-electron chi connectivity index (χ3n) is 5.07. The van der Waals surface area contributed by atoms with E-state index in [-0.39, 0.29) is 11.9 Å². The Kier molecular flexibility index (Phi) is 4.35. The van der Waals surface area contributed by atoms with Gasteiger partial charge in [0, 0.05) is 12.1 Å². The highest BCUT2D eigenvalue weighted by molar-refractivity contribution is 5.94. The van der Waals surface area contributed by atoms with Crippen LogP contribution in [-0.4, -0.2) is 30.6 Å². The van der Waals surface area contributed by atoms with Crippen LogP contribution in [-0.2, 0) is 6.42 Å². The van der Waals surface area contributed by atoms with E-state index in [2.05, 4.69) is 13.0 Å². The zero-order valence-electron chi connectivity index (χ0n) is 14.5. The minimum Gasteiger partial charge on any atom is -0.486 e. The van der Waals surface area contributed by atoms with Gasteiger partial charge >= 0.3 is 0 Å². The number of aryl methyl sites for hydroxylation is 1. The lowest BCUT2D eigenvalue weighted by molar-refractivity contribution is 0.0735. The van der Waals surface area contributed by atoms with Crippen molar-refractivity contribution in [2.45, 2.75) is 32.2 Å². The van der Waals surface area contributed by atoms with Crippen LogP contribution >= 0.6 is 0 Å². The van der Waals surface area contributed by atoms with Crippen molar-refractivity contribution in [2.75, 3.05) is 19.8 Å². The molecule has 1 atom stereocenters. The van der Waals surface area contributed by atoms with Gasteiger partial charge in [0.2, 0.25) is 0 Å². The van der Waals surface area contributed by atoms with E-state index in [1.165, 1.54) is 5.56 Å². The first-order valence-electron chi connectivity index (χ1n) is 9.05. The van der Waals surface area contributed by atoms with Gasteiger partial charge in [-0.05, 0) is 54.7 Å². The maximum Gasteiger partial charge on any atom is 0.254 e. The number of rotatable bonds is 3. The molecule has 0 aliphatic carbocycles. The zero-order valence-corrected chi connectivity index (χ0v) is 14.5. The molecule has 4 nitrogen and oxygen atoms in total. The molecule has 0 bridgehead atoms. The average molecular weight is 337 g/mol. The van der Waals surface area contributed by atoms with Crippen LogP contribution in [0.15, 0.2) is 42.5 Å². The first kappa shape index (κ1) is 16.0. The molecule has 4 rings (SSSR count). The molecule has 0 unspecified atom stereocenters. The first-order valence-corrected chi connectivity index (χ1v) is 9.05. The summed E-state index contributed by atoms with van der Waals surface area (Å²) < 4.78 is 11.3. The molecule has 130 valence electrons. The van der Waals surface area contributed by atoms with Crippen molar-refractivity contribution in [3.63, 3.8) is 0 Å². The van der Waals surface area contributed by atoms with Crippen molar-refractivity contribution in [3.05, 3.63) is 59.2 Å². The molecular weight excluding hydrogens is 314 g/mol. The Hall–Kier alpha value is -2.49. The second kappa shape index (κ2) is 6.79. The summed E-state index contributed by atoms with van der Waals surface area (Å²) in [6, 6.07) is 14.1. The number of hydrogen-bond acceptors (Lipinski definition) is 3. The number of benzene rings is 2. The van der Waals surface area contributed by atoms with E-state index in [0.717, 1.165) is 48.4 Å². The third-order valence-corrected chi connectivity index (χ3v) is 5.07. The van der Waals surface area contributed by atoms with Crippen LogP contribution in [0.4, 0.5) is 0 Å². The fourth-order valence-electron chi connectivity index (χ4n) is 3.67. The van der Waals surface area contributed by atoms with Crippen LogP contribution in [0.25, 0.3) is 0 Å². The highest BCUT2D eigenvalue weighted by Gasteiger charge is 2.31. The number of ether oxygens (including phenoxy) is 2. The van der Waals surface area contributed by atoms with E-state index in [1.807, 2.05) is 41.3 Å². The van der Waals surface area contributed by atoms with Crippen LogP contribution in [0.2, 0.25) is 0 Å². The Balaban J connectivity index is 1.58. The predicted octanol–water partition coefficient (Wildman–Crippen LogP) is 4.00. The van der Waals surface area contributed by atoms with Gasteiger partial charge in [-0.3, -0.25) is 4.79 Å². The Labute approximate surface area is 148 Å². The number of amides is 1. The molecule has 0 N–H and O–H groups in total. The van der Waals surface area contributed by atoms with Crippen LogP contribution in [0, 0.1) is 0 Å². The molecule has 2 aliphatic rings. The van der Waals surface area contributed by atoms with Gasteiger partial charge in [0.25, 0.3) is 5.91 Å². The Morgan fingerprint density at radius 1 is 1.08 bits per heavy atom. The highest BCUT2D eigenvalue weighted by Crippen LogP contribution is 2.38. The quantitative estimate of drug-likeness (QED) is 0.850. The number of carbonyl (C=O) groups excluding carboxylic acids is 1. The van der Waals surface area contributed by atoms with Crippen LogP contribution in [0.5, 0.6) is 11.5 Å². The minimum atomic E-state index is 0.106. The number of nitrogens with zero attached hydrogens (tertiary/aromatic N) is 1. The molecule has 1 saturated heterocycles. The van der Waals surface area contributed by atoms with Crippen molar-refractivity contribution >= 4 is 5.91 Å². The Bertz CT molecular complexity index is 769. The normalized spacial score (nSPS) is 19.1. The van der Waals surface area contributed by atoms with Crippen molar-refractivity contribution in [1.82, 2.24) is 4.90 Å². The standard InChI is InChI=1S/C21H23NO3/c1-2-15-5-7-16(8-6-15)21(23)22-11-3-4-18(22)17-9-10-19-20(14-17)25-13-12-24-19/h5-10,14,18H,2-4,11-13H2,1H3/t18-/m0/s1. The third kappa shape index (κ3) is 3.09. The molecule has 0 spiro atoms. The molecule has 1 fully saturated rings. The average Bonchev–Trinajstić information content (AvgIpc) is 3.17. The fraction of sp³-hybridized carbons (Fsp3) is 0.381. The first-order chi connectivity index (χ1) is 12.3. The van der Waals surface area contributed by atoms with Crippen molar-refractivity contribution in [1.29, 1.82) is 0 Å². The summed E-state index contributed by atoms with van der Waals surface area (Å²) >= 11 is 0. The van der Waals surface area contributed by atoms with Crippen LogP contribution < -0.4 is 9.47 Å².